The maximum Gasteiger partial charge on any atom is 0.253 e. The van der Waals surface area contributed by atoms with E-state index in [-0.39, 0.29) is 29.9 Å². The van der Waals surface area contributed by atoms with Crippen molar-refractivity contribution in [3.63, 3.8) is 0 Å². The quantitative estimate of drug-likeness (QED) is 0.340. The van der Waals surface area contributed by atoms with Crippen LogP contribution in [0.4, 0.5) is 0 Å². The van der Waals surface area contributed by atoms with Crippen LogP contribution in [0.5, 0.6) is 0 Å². The van der Waals surface area contributed by atoms with Gasteiger partial charge in [-0.1, -0.05) is 26.0 Å². The number of rotatable bonds is 5. The molecule has 6 nitrogen and oxygen atoms in total. The molecule has 1 saturated carbocycles. The number of hydrogen-bond acceptors (Lipinski definition) is 3. The molecule has 0 atom stereocenters. The number of aliphatic imine (C=N–C) groups is 1. The number of nitrogens with one attached hydrogen (secondary N) is 1. The molecule has 1 aliphatic carbocycles. The fourth-order valence-corrected chi connectivity index (χ4v) is 4.97. The lowest BCUT2D eigenvalue weighted by Gasteiger charge is -2.43. The van der Waals surface area contributed by atoms with Crippen LogP contribution in [-0.4, -0.2) is 79.9 Å². The number of hydrogen-bond donors (Lipinski definition) is 1. The lowest BCUT2D eigenvalue weighted by molar-refractivity contribution is 0.0827. The predicted octanol–water partition coefficient (Wildman–Crippen LogP) is 3.91. The largest absolute Gasteiger partial charge is 0.352 e. The predicted molar refractivity (Wildman–Crippen MR) is 144 cm³/mol. The van der Waals surface area contributed by atoms with E-state index in [2.05, 4.69) is 34.0 Å². The van der Waals surface area contributed by atoms with Crippen LogP contribution >= 0.6 is 24.0 Å². The van der Waals surface area contributed by atoms with Gasteiger partial charge in [0.25, 0.3) is 5.91 Å². The van der Waals surface area contributed by atoms with Crippen LogP contribution in [-0.2, 0) is 6.54 Å². The zero-order valence-corrected chi connectivity index (χ0v) is 22.8. The number of benzene rings is 1. The van der Waals surface area contributed by atoms with E-state index < -0.39 is 0 Å². The van der Waals surface area contributed by atoms with Crippen molar-refractivity contribution >= 4 is 35.8 Å². The Labute approximate surface area is 211 Å². The minimum Gasteiger partial charge on any atom is -0.352 e. The third-order valence-corrected chi connectivity index (χ3v) is 7.08. The fourth-order valence-electron chi connectivity index (χ4n) is 4.97. The normalized spacial score (nSPS) is 22.4. The summed E-state index contributed by atoms with van der Waals surface area (Å²) in [6, 6.07) is 8.60. The molecule has 2 aliphatic rings. The van der Waals surface area contributed by atoms with Crippen molar-refractivity contribution in [2.24, 2.45) is 16.8 Å². The Hall–Kier alpha value is -1.35. The van der Waals surface area contributed by atoms with Crippen molar-refractivity contribution in [3.05, 3.63) is 35.4 Å². The molecule has 1 saturated heterocycles. The number of carbonyl (C=O) groups excluding carboxylic acids is 1. The fraction of sp³-hybridized carbons (Fsp3) is 0.680. The molecule has 1 heterocycles. The Balaban J connectivity index is 0.00000363. The van der Waals surface area contributed by atoms with Crippen molar-refractivity contribution in [2.75, 3.05) is 47.3 Å². The van der Waals surface area contributed by atoms with Gasteiger partial charge < -0.3 is 15.1 Å². The molecule has 32 heavy (non-hydrogen) atoms. The molecule has 180 valence electrons. The van der Waals surface area contributed by atoms with Gasteiger partial charge in [-0.2, -0.15) is 0 Å². The number of piperazine rings is 1. The van der Waals surface area contributed by atoms with Gasteiger partial charge in [-0.15, -0.1) is 24.0 Å². The Bertz CT molecular complexity index is 733. The highest BCUT2D eigenvalue weighted by molar-refractivity contribution is 14.0. The van der Waals surface area contributed by atoms with E-state index in [1.807, 2.05) is 31.3 Å². The minimum atomic E-state index is 0. The third-order valence-electron chi connectivity index (χ3n) is 7.08. The SMILES string of the molecule is CN=C(NCc1ccc(C(=O)N(C)C)cc1)N1CCN(C2CCC(C(C)C)CC2)CC1.I. The van der Waals surface area contributed by atoms with Gasteiger partial charge in [0, 0.05) is 65.5 Å². The van der Waals surface area contributed by atoms with E-state index in [4.69, 9.17) is 0 Å². The monoisotopic (exact) mass is 555 g/mol. The third kappa shape index (κ3) is 7.07. The molecule has 1 aromatic rings. The zero-order valence-electron chi connectivity index (χ0n) is 20.5. The second kappa shape index (κ2) is 12.8. The first-order valence-electron chi connectivity index (χ1n) is 11.9. The van der Waals surface area contributed by atoms with Gasteiger partial charge in [-0.25, -0.2) is 0 Å². The van der Waals surface area contributed by atoms with Crippen LogP contribution < -0.4 is 5.32 Å². The van der Waals surface area contributed by atoms with Crippen LogP contribution in [0, 0.1) is 11.8 Å². The molecule has 1 aliphatic heterocycles. The highest BCUT2D eigenvalue weighted by Crippen LogP contribution is 2.32. The number of nitrogens with zero attached hydrogens (tertiary/aromatic N) is 4. The topological polar surface area (TPSA) is 51.2 Å². The molecule has 0 spiro atoms. The molecule has 3 rings (SSSR count). The first kappa shape index (κ1) is 26.9. The van der Waals surface area contributed by atoms with Gasteiger partial charge in [-0.3, -0.25) is 14.7 Å². The Morgan fingerprint density at radius 1 is 1.06 bits per heavy atom. The average Bonchev–Trinajstić information content (AvgIpc) is 2.80. The zero-order chi connectivity index (χ0) is 22.4. The number of halogens is 1. The summed E-state index contributed by atoms with van der Waals surface area (Å²) in [5, 5.41) is 3.50. The summed E-state index contributed by atoms with van der Waals surface area (Å²) in [6.45, 7) is 9.76. The van der Waals surface area contributed by atoms with Gasteiger partial charge in [0.1, 0.15) is 0 Å². The van der Waals surface area contributed by atoms with Gasteiger partial charge in [0.05, 0.1) is 0 Å². The van der Waals surface area contributed by atoms with E-state index >= 15 is 0 Å². The minimum absolute atomic E-state index is 0. The second-order valence-corrected chi connectivity index (χ2v) is 9.63. The summed E-state index contributed by atoms with van der Waals surface area (Å²) in [4.78, 5) is 23.2. The van der Waals surface area contributed by atoms with Crippen molar-refractivity contribution in [1.82, 2.24) is 20.0 Å². The lowest BCUT2D eigenvalue weighted by atomic mass is 9.79. The standard InChI is InChI=1S/C25H41N5O.HI/c1-19(2)21-10-12-23(13-11-21)29-14-16-30(17-15-29)25(26-3)27-18-20-6-8-22(9-7-20)24(31)28(4)5;/h6-9,19,21,23H,10-18H2,1-5H3,(H,26,27);1H. The first-order chi connectivity index (χ1) is 14.9. The van der Waals surface area contributed by atoms with E-state index in [0.717, 1.165) is 61.1 Å². The van der Waals surface area contributed by atoms with Gasteiger partial charge >= 0.3 is 0 Å². The second-order valence-electron chi connectivity index (χ2n) is 9.63. The molecule has 1 N–H and O–H groups in total. The molecule has 7 heteroatoms. The molecule has 1 amide bonds. The molecule has 0 bridgehead atoms. The van der Waals surface area contributed by atoms with Crippen molar-refractivity contribution in [3.8, 4) is 0 Å². The van der Waals surface area contributed by atoms with Crippen molar-refractivity contribution in [2.45, 2.75) is 52.1 Å². The molecular formula is C25H42IN5O. The van der Waals surface area contributed by atoms with E-state index in [9.17, 15) is 4.79 Å². The average molecular weight is 556 g/mol. The van der Waals surface area contributed by atoms with Crippen LogP contribution in [0.3, 0.4) is 0 Å². The molecule has 2 fully saturated rings. The maximum absolute atomic E-state index is 12.0. The van der Waals surface area contributed by atoms with Crippen LogP contribution in [0.25, 0.3) is 0 Å². The highest BCUT2D eigenvalue weighted by Gasteiger charge is 2.29. The molecule has 0 unspecified atom stereocenters. The van der Waals surface area contributed by atoms with Gasteiger partial charge in [0.15, 0.2) is 5.96 Å². The molecule has 0 radical (unpaired) electrons. The van der Waals surface area contributed by atoms with E-state index in [1.165, 1.54) is 25.7 Å². The van der Waals surface area contributed by atoms with Crippen LogP contribution in [0.2, 0.25) is 0 Å². The van der Waals surface area contributed by atoms with E-state index in [0.29, 0.717) is 6.54 Å². The summed E-state index contributed by atoms with van der Waals surface area (Å²) >= 11 is 0. The number of carbonyl (C=O) groups is 1. The summed E-state index contributed by atoms with van der Waals surface area (Å²) in [7, 11) is 5.41. The summed E-state index contributed by atoms with van der Waals surface area (Å²) in [6.07, 6.45) is 5.51. The van der Waals surface area contributed by atoms with Crippen LogP contribution in [0.1, 0.15) is 55.5 Å². The molecule has 1 aromatic carbocycles. The highest BCUT2D eigenvalue weighted by atomic mass is 127. The van der Waals surface area contributed by atoms with Crippen LogP contribution in [0.15, 0.2) is 29.3 Å². The maximum atomic E-state index is 12.0. The molecule has 0 aromatic heterocycles. The Kier molecular flexibility index (Phi) is 10.7. The van der Waals surface area contributed by atoms with Crippen molar-refractivity contribution in [1.29, 1.82) is 0 Å². The lowest BCUT2D eigenvalue weighted by Crippen LogP contribution is -2.55. The van der Waals surface area contributed by atoms with Gasteiger partial charge in [0.2, 0.25) is 0 Å². The summed E-state index contributed by atoms with van der Waals surface area (Å²) in [5.74, 6) is 2.76. The van der Waals surface area contributed by atoms with E-state index in [1.54, 1.807) is 19.0 Å². The Morgan fingerprint density at radius 3 is 2.16 bits per heavy atom. The smallest absolute Gasteiger partial charge is 0.253 e. The number of guanidine groups is 1. The van der Waals surface area contributed by atoms with Crippen molar-refractivity contribution < 1.29 is 4.79 Å². The number of amides is 1. The summed E-state index contributed by atoms with van der Waals surface area (Å²) in [5.41, 5.74) is 1.87. The Morgan fingerprint density at radius 2 is 1.66 bits per heavy atom. The summed E-state index contributed by atoms with van der Waals surface area (Å²) < 4.78 is 0. The molecular weight excluding hydrogens is 513 g/mol. The van der Waals surface area contributed by atoms with Gasteiger partial charge in [-0.05, 0) is 55.2 Å². The first-order valence-corrected chi connectivity index (χ1v) is 11.9.